The summed E-state index contributed by atoms with van der Waals surface area (Å²) >= 11 is 0. The summed E-state index contributed by atoms with van der Waals surface area (Å²) in [6.07, 6.45) is 2.20. The Labute approximate surface area is 133 Å². The number of hydrogen-bond acceptors (Lipinski definition) is 2. The van der Waals surface area contributed by atoms with Crippen LogP contribution >= 0.6 is 0 Å². The number of hydrogen-bond donors (Lipinski definition) is 2. The fourth-order valence-electron chi connectivity index (χ4n) is 2.73. The fourth-order valence-corrected chi connectivity index (χ4v) is 2.73. The molecule has 0 aliphatic rings. The third kappa shape index (κ3) is 3.24. The van der Waals surface area contributed by atoms with E-state index >= 15 is 0 Å². The van der Waals surface area contributed by atoms with Crippen LogP contribution in [0.4, 0.5) is 4.39 Å². The minimum Gasteiger partial charge on any atom is -0.480 e. The third-order valence-corrected chi connectivity index (χ3v) is 3.89. The van der Waals surface area contributed by atoms with Gasteiger partial charge in [-0.15, -0.1) is 0 Å². The molecule has 2 aromatic carbocycles. The summed E-state index contributed by atoms with van der Waals surface area (Å²) in [6.45, 7) is 0.586. The molecule has 1 aromatic heterocycles. The number of nitrogens with zero attached hydrogens (tertiary/aromatic N) is 1. The van der Waals surface area contributed by atoms with E-state index in [1.54, 1.807) is 12.1 Å². The average Bonchev–Trinajstić information content (AvgIpc) is 2.88. The lowest BCUT2D eigenvalue weighted by Gasteiger charge is -2.05. The minimum absolute atomic E-state index is 0.265. The Bertz CT molecular complexity index is 840. The largest absolute Gasteiger partial charge is 0.480 e. The summed E-state index contributed by atoms with van der Waals surface area (Å²) in [5, 5.41) is 10.0. The summed E-state index contributed by atoms with van der Waals surface area (Å²) in [5.74, 6) is -1.28. The second-order valence-corrected chi connectivity index (χ2v) is 5.57. The fraction of sp³-hybridized carbons (Fsp3) is 0.167. The van der Waals surface area contributed by atoms with Gasteiger partial charge in [0.2, 0.25) is 0 Å². The highest BCUT2D eigenvalue weighted by atomic mass is 19.1. The zero-order valence-corrected chi connectivity index (χ0v) is 12.4. The number of benzene rings is 2. The molecule has 1 unspecified atom stereocenters. The maximum absolute atomic E-state index is 13.0. The highest BCUT2D eigenvalue weighted by Crippen LogP contribution is 2.23. The molecule has 3 N–H and O–H groups in total. The van der Waals surface area contributed by atoms with Crippen molar-refractivity contribution in [3.05, 3.63) is 71.7 Å². The van der Waals surface area contributed by atoms with E-state index in [0.29, 0.717) is 6.54 Å². The lowest BCUT2D eigenvalue weighted by molar-refractivity contribution is -0.138. The van der Waals surface area contributed by atoms with Gasteiger partial charge < -0.3 is 15.4 Å². The number of aromatic nitrogens is 1. The van der Waals surface area contributed by atoms with Gasteiger partial charge in [-0.25, -0.2) is 4.39 Å². The molecule has 1 heterocycles. The van der Waals surface area contributed by atoms with Crippen molar-refractivity contribution in [3.63, 3.8) is 0 Å². The van der Waals surface area contributed by atoms with Crippen LogP contribution in [0.3, 0.4) is 0 Å². The summed E-state index contributed by atoms with van der Waals surface area (Å²) in [5.41, 5.74) is 8.55. The topological polar surface area (TPSA) is 68.2 Å². The quantitative estimate of drug-likeness (QED) is 0.761. The molecule has 0 aliphatic carbocycles. The summed E-state index contributed by atoms with van der Waals surface area (Å²) < 4.78 is 15.1. The normalized spacial score (nSPS) is 12.4. The molecule has 0 aliphatic heterocycles. The number of halogens is 1. The van der Waals surface area contributed by atoms with Crippen molar-refractivity contribution in [1.82, 2.24) is 4.57 Å². The molecule has 118 valence electrons. The maximum Gasteiger partial charge on any atom is 0.320 e. The van der Waals surface area contributed by atoms with Gasteiger partial charge in [-0.3, -0.25) is 4.79 Å². The second kappa shape index (κ2) is 6.22. The smallest absolute Gasteiger partial charge is 0.320 e. The molecule has 0 bridgehead atoms. The standard InChI is InChI=1S/C18H17FN2O2/c19-14-7-5-12(6-8-14)10-21-11-13(9-16(20)18(22)23)15-3-1-2-4-17(15)21/h1-8,11,16H,9-10,20H2,(H,22,23). The number of fused-ring (bicyclic) bond motifs is 1. The van der Waals surface area contributed by atoms with Crippen molar-refractivity contribution in [2.24, 2.45) is 5.73 Å². The van der Waals surface area contributed by atoms with E-state index in [1.807, 2.05) is 35.0 Å². The van der Waals surface area contributed by atoms with Gasteiger partial charge in [0.25, 0.3) is 0 Å². The molecule has 0 spiro atoms. The van der Waals surface area contributed by atoms with Gasteiger partial charge in [-0.2, -0.15) is 0 Å². The first-order valence-electron chi connectivity index (χ1n) is 7.34. The van der Waals surface area contributed by atoms with Gasteiger partial charge in [-0.1, -0.05) is 30.3 Å². The Morgan fingerprint density at radius 3 is 2.57 bits per heavy atom. The van der Waals surface area contributed by atoms with E-state index in [9.17, 15) is 9.18 Å². The van der Waals surface area contributed by atoms with Gasteiger partial charge in [0.05, 0.1) is 0 Å². The first kappa shape index (κ1) is 15.2. The van der Waals surface area contributed by atoms with Crippen LogP contribution in [0.25, 0.3) is 10.9 Å². The Hall–Kier alpha value is -2.66. The number of carboxylic acids is 1. The average molecular weight is 312 g/mol. The number of carboxylic acid groups (broad SMARTS) is 1. The highest BCUT2D eigenvalue weighted by molar-refractivity contribution is 5.85. The number of para-hydroxylation sites is 1. The molecule has 23 heavy (non-hydrogen) atoms. The molecule has 0 fully saturated rings. The highest BCUT2D eigenvalue weighted by Gasteiger charge is 2.16. The summed E-state index contributed by atoms with van der Waals surface area (Å²) in [4.78, 5) is 11.0. The van der Waals surface area contributed by atoms with Crippen LogP contribution in [0.5, 0.6) is 0 Å². The molecule has 0 saturated carbocycles. The van der Waals surface area contributed by atoms with Crippen molar-refractivity contribution in [2.45, 2.75) is 19.0 Å². The van der Waals surface area contributed by atoms with Crippen molar-refractivity contribution in [3.8, 4) is 0 Å². The minimum atomic E-state index is -1.01. The van der Waals surface area contributed by atoms with Gasteiger partial charge in [-0.05, 0) is 29.3 Å². The van der Waals surface area contributed by atoms with Crippen molar-refractivity contribution in [1.29, 1.82) is 0 Å². The van der Waals surface area contributed by atoms with E-state index in [4.69, 9.17) is 10.8 Å². The maximum atomic E-state index is 13.0. The van der Waals surface area contributed by atoms with Gasteiger partial charge in [0, 0.05) is 30.1 Å². The first-order chi connectivity index (χ1) is 11.0. The van der Waals surface area contributed by atoms with E-state index in [2.05, 4.69) is 0 Å². The number of nitrogens with two attached hydrogens (primary N) is 1. The lowest BCUT2D eigenvalue weighted by atomic mass is 10.1. The Morgan fingerprint density at radius 2 is 1.87 bits per heavy atom. The molecule has 5 heteroatoms. The van der Waals surface area contributed by atoms with Crippen LogP contribution in [0, 0.1) is 5.82 Å². The van der Waals surface area contributed by atoms with Crippen LogP contribution in [-0.4, -0.2) is 21.7 Å². The van der Waals surface area contributed by atoms with Gasteiger partial charge in [0.15, 0.2) is 0 Å². The van der Waals surface area contributed by atoms with Crippen molar-refractivity contribution in [2.75, 3.05) is 0 Å². The SMILES string of the molecule is NC(Cc1cn(Cc2ccc(F)cc2)c2ccccc12)C(=O)O. The monoisotopic (exact) mass is 312 g/mol. The molecule has 4 nitrogen and oxygen atoms in total. The molecule has 3 aromatic rings. The summed E-state index contributed by atoms with van der Waals surface area (Å²) in [7, 11) is 0. The zero-order chi connectivity index (χ0) is 16.4. The molecular weight excluding hydrogens is 295 g/mol. The molecule has 0 saturated heterocycles. The molecule has 3 rings (SSSR count). The van der Waals surface area contributed by atoms with Crippen molar-refractivity contribution >= 4 is 16.9 Å². The molecule has 0 amide bonds. The zero-order valence-electron chi connectivity index (χ0n) is 12.4. The van der Waals surface area contributed by atoms with Crippen LogP contribution in [0.2, 0.25) is 0 Å². The lowest BCUT2D eigenvalue weighted by Crippen LogP contribution is -2.32. The van der Waals surface area contributed by atoms with Gasteiger partial charge >= 0.3 is 5.97 Å². The van der Waals surface area contributed by atoms with Crippen LogP contribution < -0.4 is 5.73 Å². The predicted octanol–water partition coefficient (Wildman–Crippen LogP) is 2.78. The Morgan fingerprint density at radius 1 is 1.17 bits per heavy atom. The van der Waals surface area contributed by atoms with Crippen LogP contribution in [0.1, 0.15) is 11.1 Å². The Kier molecular flexibility index (Phi) is 4.12. The third-order valence-electron chi connectivity index (χ3n) is 3.89. The molecular formula is C18H17FN2O2. The molecule has 1 atom stereocenters. The van der Waals surface area contributed by atoms with Gasteiger partial charge in [0.1, 0.15) is 11.9 Å². The second-order valence-electron chi connectivity index (χ2n) is 5.57. The molecule has 0 radical (unpaired) electrons. The number of carbonyl (C=O) groups is 1. The van der Waals surface area contributed by atoms with Crippen molar-refractivity contribution < 1.29 is 14.3 Å². The summed E-state index contributed by atoms with van der Waals surface area (Å²) in [6, 6.07) is 13.2. The number of rotatable bonds is 5. The number of aliphatic carboxylic acids is 1. The Balaban J connectivity index is 1.97. The van der Waals surface area contributed by atoms with E-state index in [0.717, 1.165) is 22.0 Å². The van der Waals surface area contributed by atoms with Crippen LogP contribution in [0.15, 0.2) is 54.7 Å². The predicted molar refractivity (Wildman–Crippen MR) is 86.8 cm³/mol. The van der Waals surface area contributed by atoms with E-state index in [-0.39, 0.29) is 12.2 Å². The van der Waals surface area contributed by atoms with Crippen LogP contribution in [-0.2, 0) is 17.8 Å². The van der Waals surface area contributed by atoms with E-state index < -0.39 is 12.0 Å². The van der Waals surface area contributed by atoms with E-state index in [1.165, 1.54) is 12.1 Å². The first-order valence-corrected chi connectivity index (χ1v) is 7.34.